The molecule has 106 valence electrons. The van der Waals surface area contributed by atoms with E-state index in [1.807, 2.05) is 13.8 Å². The number of amides is 1. The zero-order chi connectivity index (χ0) is 14.6. The summed E-state index contributed by atoms with van der Waals surface area (Å²) in [6.07, 6.45) is 1.16. The van der Waals surface area contributed by atoms with Gasteiger partial charge in [-0.25, -0.2) is 8.42 Å². The number of benzene rings is 1. The normalized spacial score (nSPS) is 13.3. The smallest absolute Gasteiger partial charge is 0.237 e. The molecule has 0 radical (unpaired) electrons. The molecule has 0 spiro atoms. The van der Waals surface area contributed by atoms with E-state index in [-0.39, 0.29) is 16.7 Å². The van der Waals surface area contributed by atoms with Gasteiger partial charge in [-0.3, -0.25) is 4.79 Å². The Morgan fingerprint density at radius 2 is 1.79 bits per heavy atom. The van der Waals surface area contributed by atoms with Gasteiger partial charge in [0.1, 0.15) is 0 Å². The molecule has 0 aliphatic rings. The number of carbonyl (C=O) groups is 1. The molecule has 0 unspecified atom stereocenters. The van der Waals surface area contributed by atoms with E-state index in [9.17, 15) is 13.2 Å². The van der Waals surface area contributed by atoms with Crippen molar-refractivity contribution in [2.75, 3.05) is 6.26 Å². The lowest BCUT2D eigenvalue weighted by molar-refractivity contribution is -0.123. The Morgan fingerprint density at radius 3 is 2.21 bits per heavy atom. The quantitative estimate of drug-likeness (QED) is 0.832. The number of hydrogen-bond donors (Lipinski definition) is 2. The van der Waals surface area contributed by atoms with Gasteiger partial charge in [-0.15, -0.1) is 0 Å². The van der Waals surface area contributed by atoms with E-state index in [1.54, 1.807) is 12.1 Å². The topological polar surface area (TPSA) is 89.3 Å². The molecule has 1 rings (SSSR count). The van der Waals surface area contributed by atoms with Crippen LogP contribution in [0.5, 0.6) is 0 Å². The van der Waals surface area contributed by atoms with Crippen molar-refractivity contribution in [3.8, 4) is 0 Å². The Hall–Kier alpha value is -1.40. The third kappa shape index (κ3) is 4.65. The minimum Gasteiger partial charge on any atom is -0.351 e. The number of carbonyl (C=O) groups excluding carboxylic acids is 1. The zero-order valence-electron chi connectivity index (χ0n) is 11.4. The SMILES string of the molecule is CC(C)[C@H](N)C(=O)NCc1ccc(S(C)(=O)=O)cc1. The lowest BCUT2D eigenvalue weighted by Gasteiger charge is -2.15. The Balaban J connectivity index is 2.63. The predicted molar refractivity (Wildman–Crippen MR) is 74.2 cm³/mol. The number of nitrogens with one attached hydrogen (secondary N) is 1. The van der Waals surface area contributed by atoms with E-state index < -0.39 is 15.9 Å². The van der Waals surface area contributed by atoms with Crippen LogP contribution in [0.3, 0.4) is 0 Å². The first-order valence-corrected chi connectivity index (χ1v) is 7.93. The molecule has 5 nitrogen and oxygen atoms in total. The van der Waals surface area contributed by atoms with E-state index in [0.29, 0.717) is 6.54 Å². The van der Waals surface area contributed by atoms with Crippen molar-refractivity contribution in [1.29, 1.82) is 0 Å². The van der Waals surface area contributed by atoms with E-state index in [1.165, 1.54) is 12.1 Å². The highest BCUT2D eigenvalue weighted by Crippen LogP contribution is 2.10. The molecule has 0 aliphatic heterocycles. The van der Waals surface area contributed by atoms with Crippen molar-refractivity contribution >= 4 is 15.7 Å². The van der Waals surface area contributed by atoms with Gasteiger partial charge in [-0.1, -0.05) is 26.0 Å². The van der Waals surface area contributed by atoms with Crippen LogP contribution in [0.4, 0.5) is 0 Å². The van der Waals surface area contributed by atoms with Crippen LogP contribution >= 0.6 is 0 Å². The van der Waals surface area contributed by atoms with Crippen LogP contribution in [0, 0.1) is 5.92 Å². The monoisotopic (exact) mass is 284 g/mol. The van der Waals surface area contributed by atoms with Gasteiger partial charge < -0.3 is 11.1 Å². The van der Waals surface area contributed by atoms with Crippen LogP contribution < -0.4 is 11.1 Å². The fourth-order valence-electron chi connectivity index (χ4n) is 1.46. The Bertz CT molecular complexity index is 536. The molecule has 1 amide bonds. The van der Waals surface area contributed by atoms with Crippen molar-refractivity contribution in [2.45, 2.75) is 31.3 Å². The Labute approximate surface area is 114 Å². The number of hydrogen-bond acceptors (Lipinski definition) is 4. The minimum atomic E-state index is -3.18. The van der Waals surface area contributed by atoms with Crippen LogP contribution in [-0.2, 0) is 21.2 Å². The molecule has 3 N–H and O–H groups in total. The maximum atomic E-state index is 11.7. The van der Waals surface area contributed by atoms with Crippen LogP contribution in [0.15, 0.2) is 29.2 Å². The predicted octanol–water partition coefficient (Wildman–Crippen LogP) is 0.690. The molecule has 6 heteroatoms. The molecular weight excluding hydrogens is 264 g/mol. The molecule has 0 aliphatic carbocycles. The maximum absolute atomic E-state index is 11.7. The molecule has 0 saturated heterocycles. The van der Waals surface area contributed by atoms with Gasteiger partial charge in [0.25, 0.3) is 0 Å². The van der Waals surface area contributed by atoms with Crippen molar-refractivity contribution < 1.29 is 13.2 Å². The summed E-state index contributed by atoms with van der Waals surface area (Å²) >= 11 is 0. The molecule has 1 aromatic carbocycles. The van der Waals surface area contributed by atoms with Gasteiger partial charge in [-0.2, -0.15) is 0 Å². The Morgan fingerprint density at radius 1 is 1.26 bits per heavy atom. The molecule has 0 heterocycles. The Kier molecular flexibility index (Phi) is 5.08. The lowest BCUT2D eigenvalue weighted by Crippen LogP contribution is -2.43. The second kappa shape index (κ2) is 6.16. The molecule has 1 atom stereocenters. The van der Waals surface area contributed by atoms with E-state index in [4.69, 9.17) is 5.73 Å². The van der Waals surface area contributed by atoms with Gasteiger partial charge in [0.15, 0.2) is 9.84 Å². The third-order valence-electron chi connectivity index (χ3n) is 2.84. The fraction of sp³-hybridized carbons (Fsp3) is 0.462. The van der Waals surface area contributed by atoms with Crippen LogP contribution in [0.2, 0.25) is 0 Å². The highest BCUT2D eigenvalue weighted by atomic mass is 32.2. The highest BCUT2D eigenvalue weighted by molar-refractivity contribution is 7.90. The molecule has 0 fully saturated rings. The van der Waals surface area contributed by atoms with E-state index >= 15 is 0 Å². The first-order valence-electron chi connectivity index (χ1n) is 6.04. The summed E-state index contributed by atoms with van der Waals surface area (Å²) < 4.78 is 22.6. The van der Waals surface area contributed by atoms with Crippen LogP contribution in [-0.4, -0.2) is 26.6 Å². The number of nitrogens with two attached hydrogens (primary N) is 1. The highest BCUT2D eigenvalue weighted by Gasteiger charge is 2.16. The molecule has 0 aromatic heterocycles. The van der Waals surface area contributed by atoms with Crippen molar-refractivity contribution in [1.82, 2.24) is 5.32 Å². The first kappa shape index (κ1) is 15.7. The number of rotatable bonds is 5. The fourth-order valence-corrected chi connectivity index (χ4v) is 2.09. The van der Waals surface area contributed by atoms with Gasteiger partial charge >= 0.3 is 0 Å². The largest absolute Gasteiger partial charge is 0.351 e. The van der Waals surface area contributed by atoms with Crippen molar-refractivity contribution in [3.63, 3.8) is 0 Å². The summed E-state index contributed by atoms with van der Waals surface area (Å²) in [5, 5.41) is 2.72. The van der Waals surface area contributed by atoms with Crippen LogP contribution in [0.1, 0.15) is 19.4 Å². The third-order valence-corrected chi connectivity index (χ3v) is 3.97. The molecule has 0 saturated carbocycles. The van der Waals surface area contributed by atoms with E-state index in [2.05, 4.69) is 5.32 Å². The van der Waals surface area contributed by atoms with Gasteiger partial charge in [-0.05, 0) is 23.6 Å². The molecule has 0 bridgehead atoms. The number of sulfone groups is 1. The average Bonchev–Trinajstić information content (AvgIpc) is 2.34. The summed E-state index contributed by atoms with van der Waals surface area (Å²) in [4.78, 5) is 11.9. The molecule has 1 aromatic rings. The summed E-state index contributed by atoms with van der Waals surface area (Å²) in [5.74, 6) is -0.130. The molecule has 19 heavy (non-hydrogen) atoms. The van der Waals surface area contributed by atoms with Gasteiger partial charge in [0.2, 0.25) is 5.91 Å². The summed E-state index contributed by atoms with van der Waals surface area (Å²) in [5.41, 5.74) is 6.54. The van der Waals surface area contributed by atoms with Crippen molar-refractivity contribution in [3.05, 3.63) is 29.8 Å². The first-order chi connectivity index (χ1) is 8.71. The maximum Gasteiger partial charge on any atom is 0.237 e. The lowest BCUT2D eigenvalue weighted by atomic mass is 10.0. The summed E-state index contributed by atoms with van der Waals surface area (Å²) in [7, 11) is -3.18. The standard InChI is InChI=1S/C13H20N2O3S/c1-9(2)12(14)13(16)15-8-10-4-6-11(7-5-10)19(3,17)18/h4-7,9,12H,8,14H2,1-3H3,(H,15,16)/t12-/m0/s1. The summed E-state index contributed by atoms with van der Waals surface area (Å²) in [6.45, 7) is 4.10. The minimum absolute atomic E-state index is 0.0765. The summed E-state index contributed by atoms with van der Waals surface area (Å²) in [6, 6.07) is 5.88. The molecular formula is C13H20N2O3S. The van der Waals surface area contributed by atoms with E-state index in [0.717, 1.165) is 11.8 Å². The van der Waals surface area contributed by atoms with Crippen LogP contribution in [0.25, 0.3) is 0 Å². The van der Waals surface area contributed by atoms with Gasteiger partial charge in [0.05, 0.1) is 10.9 Å². The zero-order valence-corrected chi connectivity index (χ0v) is 12.2. The van der Waals surface area contributed by atoms with Gasteiger partial charge in [0, 0.05) is 12.8 Å². The van der Waals surface area contributed by atoms with Crippen molar-refractivity contribution in [2.24, 2.45) is 11.7 Å². The average molecular weight is 284 g/mol. The second-order valence-electron chi connectivity index (χ2n) is 4.90. The second-order valence-corrected chi connectivity index (χ2v) is 6.92.